The first-order valence-electron chi connectivity index (χ1n) is 4.77. The minimum atomic E-state index is -3.02. The summed E-state index contributed by atoms with van der Waals surface area (Å²) in [4.78, 5) is 21.8. The highest BCUT2D eigenvalue weighted by molar-refractivity contribution is 9.10. The third kappa shape index (κ3) is 3.76. The minimum Gasteiger partial charge on any atom is -0.469 e. The summed E-state index contributed by atoms with van der Waals surface area (Å²) in [5, 5.41) is 0. The number of aldehydes is 1. The van der Waals surface area contributed by atoms with Crippen LogP contribution in [0.3, 0.4) is 0 Å². The lowest BCUT2D eigenvalue weighted by atomic mass is 10.1. The van der Waals surface area contributed by atoms with E-state index >= 15 is 0 Å². The first-order chi connectivity index (χ1) is 8.47. The Labute approximate surface area is 110 Å². The van der Waals surface area contributed by atoms with Gasteiger partial charge in [-0.05, 0) is 33.6 Å². The molecule has 18 heavy (non-hydrogen) atoms. The Morgan fingerprint density at radius 3 is 2.67 bits per heavy atom. The van der Waals surface area contributed by atoms with E-state index in [1.165, 1.54) is 13.2 Å². The molecule has 0 unspecified atom stereocenters. The second-order valence-corrected chi connectivity index (χ2v) is 4.03. The van der Waals surface area contributed by atoms with Gasteiger partial charge >= 0.3 is 12.6 Å². The molecule has 0 aromatic heterocycles. The van der Waals surface area contributed by atoms with Gasteiger partial charge in [-0.1, -0.05) is 0 Å². The van der Waals surface area contributed by atoms with Crippen LogP contribution in [0.25, 0.3) is 0 Å². The van der Waals surface area contributed by atoms with Gasteiger partial charge in [-0.3, -0.25) is 9.59 Å². The van der Waals surface area contributed by atoms with Crippen LogP contribution in [0.2, 0.25) is 0 Å². The van der Waals surface area contributed by atoms with Gasteiger partial charge in [0.05, 0.1) is 18.0 Å². The quantitative estimate of drug-likeness (QED) is 0.617. The highest BCUT2D eigenvalue weighted by Crippen LogP contribution is 2.31. The second kappa shape index (κ2) is 6.44. The van der Waals surface area contributed by atoms with Gasteiger partial charge in [-0.15, -0.1) is 0 Å². The summed E-state index contributed by atoms with van der Waals surface area (Å²) in [6, 6.07) is 2.55. The largest absolute Gasteiger partial charge is 0.469 e. The topological polar surface area (TPSA) is 52.6 Å². The summed E-state index contributed by atoms with van der Waals surface area (Å²) < 4.78 is 33.3. The van der Waals surface area contributed by atoms with Gasteiger partial charge in [-0.25, -0.2) is 0 Å². The van der Waals surface area contributed by atoms with Crippen molar-refractivity contribution in [1.29, 1.82) is 0 Å². The van der Waals surface area contributed by atoms with E-state index in [0.29, 0.717) is 11.8 Å². The molecular weight excluding hydrogens is 314 g/mol. The van der Waals surface area contributed by atoms with Crippen molar-refractivity contribution in [1.82, 2.24) is 0 Å². The maximum Gasteiger partial charge on any atom is 0.387 e. The van der Waals surface area contributed by atoms with Gasteiger partial charge in [0.25, 0.3) is 0 Å². The third-order valence-electron chi connectivity index (χ3n) is 2.05. The Morgan fingerprint density at radius 2 is 2.17 bits per heavy atom. The molecule has 0 aliphatic rings. The van der Waals surface area contributed by atoms with Crippen LogP contribution < -0.4 is 4.74 Å². The van der Waals surface area contributed by atoms with E-state index in [2.05, 4.69) is 25.4 Å². The van der Waals surface area contributed by atoms with E-state index in [1.807, 2.05) is 0 Å². The number of alkyl halides is 2. The Balaban J connectivity index is 3.15. The number of esters is 1. The molecule has 1 aromatic carbocycles. The summed E-state index contributed by atoms with van der Waals surface area (Å²) >= 11 is 3.05. The predicted octanol–water partition coefficient (Wildman–Crippen LogP) is 2.58. The standard InChI is InChI=1S/C11H9BrF2O4/c1-17-9(16)4-7-2-6(5-15)3-8(10(7)12)18-11(13)14/h2-3,5,11H,4H2,1H3. The van der Waals surface area contributed by atoms with Crippen molar-refractivity contribution >= 4 is 28.2 Å². The number of benzene rings is 1. The van der Waals surface area contributed by atoms with Crippen LogP contribution in [0.4, 0.5) is 8.78 Å². The molecule has 0 aliphatic heterocycles. The third-order valence-corrected chi connectivity index (χ3v) is 2.95. The van der Waals surface area contributed by atoms with Gasteiger partial charge in [0, 0.05) is 5.56 Å². The zero-order chi connectivity index (χ0) is 13.7. The molecule has 0 spiro atoms. The lowest BCUT2D eigenvalue weighted by Gasteiger charge is -2.11. The van der Waals surface area contributed by atoms with Gasteiger partial charge in [0.2, 0.25) is 0 Å². The van der Waals surface area contributed by atoms with Crippen LogP contribution in [-0.4, -0.2) is 26.0 Å². The first kappa shape index (κ1) is 14.6. The molecule has 1 rings (SSSR count). The van der Waals surface area contributed by atoms with Gasteiger partial charge in [0.1, 0.15) is 12.0 Å². The lowest BCUT2D eigenvalue weighted by molar-refractivity contribution is -0.139. The summed E-state index contributed by atoms with van der Waals surface area (Å²) in [6.07, 6.45) is 0.323. The van der Waals surface area contributed by atoms with Crippen molar-refractivity contribution in [2.24, 2.45) is 0 Å². The highest BCUT2D eigenvalue weighted by atomic mass is 79.9. The number of ether oxygens (including phenoxy) is 2. The normalized spacial score (nSPS) is 10.3. The van der Waals surface area contributed by atoms with Crippen LogP contribution in [0, 0.1) is 0 Å². The Bertz CT molecular complexity index is 463. The van der Waals surface area contributed by atoms with Crippen LogP contribution in [0.5, 0.6) is 5.75 Å². The molecule has 4 nitrogen and oxygen atoms in total. The van der Waals surface area contributed by atoms with E-state index < -0.39 is 12.6 Å². The maximum atomic E-state index is 12.2. The number of rotatable bonds is 5. The first-order valence-corrected chi connectivity index (χ1v) is 5.56. The monoisotopic (exact) mass is 322 g/mol. The predicted molar refractivity (Wildman–Crippen MR) is 61.9 cm³/mol. The van der Waals surface area contributed by atoms with Crippen molar-refractivity contribution in [2.45, 2.75) is 13.0 Å². The van der Waals surface area contributed by atoms with Crippen molar-refractivity contribution in [3.8, 4) is 5.75 Å². The van der Waals surface area contributed by atoms with E-state index in [9.17, 15) is 18.4 Å². The zero-order valence-electron chi connectivity index (χ0n) is 9.28. The summed E-state index contributed by atoms with van der Waals surface area (Å²) in [5.74, 6) is -0.754. The molecule has 1 aromatic rings. The number of halogens is 3. The van der Waals surface area contributed by atoms with Gasteiger partial charge < -0.3 is 9.47 Å². The molecule has 98 valence electrons. The van der Waals surface area contributed by atoms with Crippen LogP contribution in [-0.2, 0) is 16.0 Å². The van der Waals surface area contributed by atoms with Crippen molar-refractivity contribution in [3.05, 3.63) is 27.7 Å². The van der Waals surface area contributed by atoms with E-state index in [-0.39, 0.29) is 22.2 Å². The SMILES string of the molecule is COC(=O)Cc1cc(C=O)cc(OC(F)F)c1Br. The molecule has 0 bridgehead atoms. The molecule has 0 N–H and O–H groups in total. The number of hydrogen-bond donors (Lipinski definition) is 0. The molecule has 0 atom stereocenters. The number of methoxy groups -OCH3 is 1. The van der Waals surface area contributed by atoms with E-state index in [0.717, 1.165) is 6.07 Å². The fourth-order valence-electron chi connectivity index (χ4n) is 1.29. The van der Waals surface area contributed by atoms with Crippen molar-refractivity contribution in [3.63, 3.8) is 0 Å². The van der Waals surface area contributed by atoms with E-state index in [4.69, 9.17) is 0 Å². The molecule has 0 saturated carbocycles. The fourth-order valence-corrected chi connectivity index (χ4v) is 1.75. The Hall–Kier alpha value is -1.50. The Morgan fingerprint density at radius 1 is 1.50 bits per heavy atom. The molecular formula is C11H9BrF2O4. The minimum absolute atomic E-state index is 0.132. The van der Waals surface area contributed by atoms with Gasteiger partial charge in [0.15, 0.2) is 0 Å². The molecule has 7 heteroatoms. The maximum absolute atomic E-state index is 12.2. The van der Waals surface area contributed by atoms with Crippen LogP contribution in [0.15, 0.2) is 16.6 Å². The van der Waals surface area contributed by atoms with Crippen LogP contribution >= 0.6 is 15.9 Å². The zero-order valence-corrected chi connectivity index (χ0v) is 10.9. The van der Waals surface area contributed by atoms with Crippen LogP contribution in [0.1, 0.15) is 15.9 Å². The fraction of sp³-hybridized carbons (Fsp3) is 0.273. The summed E-state index contributed by atoms with van der Waals surface area (Å²) in [6.45, 7) is -3.02. The average Bonchev–Trinajstić information content (AvgIpc) is 2.33. The lowest BCUT2D eigenvalue weighted by Crippen LogP contribution is -2.08. The second-order valence-electron chi connectivity index (χ2n) is 3.24. The smallest absolute Gasteiger partial charge is 0.387 e. The summed E-state index contributed by atoms with van der Waals surface area (Å²) in [7, 11) is 1.20. The number of carbonyl (C=O) groups is 2. The molecule has 0 aliphatic carbocycles. The van der Waals surface area contributed by atoms with E-state index in [1.54, 1.807) is 0 Å². The van der Waals surface area contributed by atoms with Crippen molar-refractivity contribution in [2.75, 3.05) is 7.11 Å². The molecule has 0 amide bonds. The molecule has 0 heterocycles. The Kier molecular flexibility index (Phi) is 5.21. The highest BCUT2D eigenvalue weighted by Gasteiger charge is 2.16. The number of hydrogen-bond acceptors (Lipinski definition) is 4. The average molecular weight is 323 g/mol. The summed E-state index contributed by atoms with van der Waals surface area (Å²) in [5.41, 5.74) is 0.467. The molecule has 0 radical (unpaired) electrons. The van der Waals surface area contributed by atoms with Gasteiger partial charge in [-0.2, -0.15) is 8.78 Å². The van der Waals surface area contributed by atoms with Crippen molar-refractivity contribution < 1.29 is 27.8 Å². The number of carbonyl (C=O) groups excluding carboxylic acids is 2. The molecule has 0 fully saturated rings. The molecule has 0 saturated heterocycles.